The molecule has 0 atom stereocenters. The normalized spacial score (nSPS) is 10.3. The van der Waals surface area contributed by atoms with Crippen molar-refractivity contribution in [3.05, 3.63) is 58.9 Å². The molecule has 4 heteroatoms. The van der Waals surface area contributed by atoms with Gasteiger partial charge in [0.2, 0.25) is 0 Å². The maximum atomic E-state index is 13.4. The Hall–Kier alpha value is -1.25. The van der Waals surface area contributed by atoms with Crippen LogP contribution in [0.5, 0.6) is 11.5 Å². The van der Waals surface area contributed by atoms with E-state index in [1.54, 1.807) is 36.4 Å². The van der Waals surface area contributed by atoms with Crippen molar-refractivity contribution in [1.82, 2.24) is 0 Å². The van der Waals surface area contributed by atoms with Gasteiger partial charge in [0.1, 0.15) is 5.75 Å². The summed E-state index contributed by atoms with van der Waals surface area (Å²) in [5.74, 6) is 0.517. The van der Waals surface area contributed by atoms with E-state index in [0.717, 1.165) is 5.56 Å². The van der Waals surface area contributed by atoms with Crippen molar-refractivity contribution in [2.45, 2.75) is 5.88 Å². The third kappa shape index (κ3) is 2.90. The summed E-state index contributed by atoms with van der Waals surface area (Å²) in [4.78, 5) is 0. The Morgan fingerprint density at radius 1 is 1.06 bits per heavy atom. The highest BCUT2D eigenvalue weighted by Crippen LogP contribution is 2.30. The Bertz CT molecular complexity index is 529. The average Bonchev–Trinajstić information content (AvgIpc) is 2.34. The van der Waals surface area contributed by atoms with Gasteiger partial charge in [-0.1, -0.05) is 23.7 Å². The third-order valence-electron chi connectivity index (χ3n) is 2.22. The highest BCUT2D eigenvalue weighted by Gasteiger charge is 2.08. The zero-order valence-electron chi connectivity index (χ0n) is 8.79. The second kappa shape index (κ2) is 5.39. The molecular formula is C13H9Cl2FO. The van der Waals surface area contributed by atoms with Crippen LogP contribution in [0.25, 0.3) is 0 Å². The van der Waals surface area contributed by atoms with Crippen LogP contribution in [0.15, 0.2) is 42.5 Å². The van der Waals surface area contributed by atoms with Crippen LogP contribution in [0.1, 0.15) is 5.56 Å². The van der Waals surface area contributed by atoms with Gasteiger partial charge in [0.15, 0.2) is 11.6 Å². The smallest absolute Gasteiger partial charge is 0.165 e. The maximum Gasteiger partial charge on any atom is 0.165 e. The van der Waals surface area contributed by atoms with Gasteiger partial charge in [0.05, 0.1) is 5.88 Å². The van der Waals surface area contributed by atoms with Crippen molar-refractivity contribution in [2.75, 3.05) is 0 Å². The van der Waals surface area contributed by atoms with Gasteiger partial charge in [-0.15, -0.1) is 11.6 Å². The lowest BCUT2D eigenvalue weighted by Crippen LogP contribution is -1.91. The number of rotatable bonds is 3. The Labute approximate surface area is 109 Å². The van der Waals surface area contributed by atoms with Crippen LogP contribution in [-0.2, 0) is 5.88 Å². The summed E-state index contributed by atoms with van der Waals surface area (Å²) in [6.45, 7) is 0. The zero-order chi connectivity index (χ0) is 12.3. The second-order valence-electron chi connectivity index (χ2n) is 3.42. The average molecular weight is 271 g/mol. The summed E-state index contributed by atoms with van der Waals surface area (Å²) < 4.78 is 18.9. The Morgan fingerprint density at radius 3 is 2.53 bits per heavy atom. The first-order valence-corrected chi connectivity index (χ1v) is 5.88. The molecular weight excluding hydrogens is 262 g/mol. The van der Waals surface area contributed by atoms with Gasteiger partial charge >= 0.3 is 0 Å². The molecule has 0 amide bonds. The quantitative estimate of drug-likeness (QED) is 0.713. The number of halogens is 3. The van der Waals surface area contributed by atoms with Crippen molar-refractivity contribution in [1.29, 1.82) is 0 Å². The molecule has 0 fully saturated rings. The molecule has 0 saturated heterocycles. The van der Waals surface area contributed by atoms with Crippen LogP contribution < -0.4 is 4.74 Å². The van der Waals surface area contributed by atoms with Gasteiger partial charge in [-0.3, -0.25) is 0 Å². The fourth-order valence-corrected chi connectivity index (χ4v) is 1.80. The van der Waals surface area contributed by atoms with Crippen molar-refractivity contribution in [2.24, 2.45) is 0 Å². The van der Waals surface area contributed by atoms with Gasteiger partial charge in [-0.25, -0.2) is 4.39 Å². The molecule has 2 aromatic rings. The van der Waals surface area contributed by atoms with Crippen LogP contribution in [0, 0.1) is 5.82 Å². The molecule has 0 spiro atoms. The minimum atomic E-state index is -0.414. The number of hydrogen-bond donors (Lipinski definition) is 0. The third-order valence-corrected chi connectivity index (χ3v) is 2.75. The molecule has 0 aliphatic heterocycles. The summed E-state index contributed by atoms with van der Waals surface area (Å²) >= 11 is 11.6. The molecule has 0 N–H and O–H groups in total. The second-order valence-corrected chi connectivity index (χ2v) is 4.12. The number of benzene rings is 2. The largest absolute Gasteiger partial charge is 0.454 e. The van der Waals surface area contributed by atoms with E-state index in [4.69, 9.17) is 27.9 Å². The van der Waals surface area contributed by atoms with Crippen LogP contribution in [-0.4, -0.2) is 0 Å². The molecule has 0 bridgehead atoms. The molecule has 0 heterocycles. The Balaban J connectivity index is 2.33. The van der Waals surface area contributed by atoms with E-state index in [2.05, 4.69) is 0 Å². The van der Waals surface area contributed by atoms with E-state index >= 15 is 0 Å². The van der Waals surface area contributed by atoms with Crippen molar-refractivity contribution >= 4 is 23.2 Å². The number of ether oxygens (including phenoxy) is 1. The standard InChI is InChI=1S/C13H9Cl2FO/c14-8-9-7-10(15)5-6-12(9)17-13-4-2-1-3-11(13)16/h1-7H,8H2. The lowest BCUT2D eigenvalue weighted by molar-refractivity contribution is 0.439. The van der Waals surface area contributed by atoms with Gasteiger partial charge in [-0.2, -0.15) is 0 Å². The molecule has 0 saturated carbocycles. The van der Waals surface area contributed by atoms with Crippen molar-refractivity contribution < 1.29 is 9.13 Å². The minimum Gasteiger partial charge on any atom is -0.454 e. The molecule has 2 rings (SSSR count). The zero-order valence-corrected chi connectivity index (χ0v) is 10.3. The maximum absolute atomic E-state index is 13.4. The van der Waals surface area contributed by atoms with Crippen LogP contribution >= 0.6 is 23.2 Å². The van der Waals surface area contributed by atoms with Crippen LogP contribution in [0.4, 0.5) is 4.39 Å². The van der Waals surface area contributed by atoms with E-state index in [1.165, 1.54) is 6.07 Å². The van der Waals surface area contributed by atoms with Gasteiger partial charge < -0.3 is 4.74 Å². The summed E-state index contributed by atoms with van der Waals surface area (Å²) in [7, 11) is 0. The molecule has 1 nitrogen and oxygen atoms in total. The Kier molecular flexibility index (Phi) is 3.87. The van der Waals surface area contributed by atoms with E-state index in [0.29, 0.717) is 10.8 Å². The molecule has 0 radical (unpaired) electrons. The lowest BCUT2D eigenvalue weighted by atomic mass is 10.2. The topological polar surface area (TPSA) is 9.23 Å². The van der Waals surface area contributed by atoms with Crippen LogP contribution in [0.2, 0.25) is 5.02 Å². The number of para-hydroxylation sites is 1. The molecule has 0 aromatic heterocycles. The van der Waals surface area contributed by atoms with Gasteiger partial charge in [-0.05, 0) is 30.3 Å². The predicted molar refractivity (Wildman–Crippen MR) is 67.5 cm³/mol. The first kappa shape index (κ1) is 12.2. The van der Waals surface area contributed by atoms with E-state index in [-0.39, 0.29) is 11.6 Å². The first-order chi connectivity index (χ1) is 8.20. The van der Waals surface area contributed by atoms with Gasteiger partial charge in [0, 0.05) is 10.6 Å². The molecule has 0 aliphatic rings. The molecule has 2 aromatic carbocycles. The highest BCUT2D eigenvalue weighted by molar-refractivity contribution is 6.30. The van der Waals surface area contributed by atoms with E-state index in [9.17, 15) is 4.39 Å². The summed E-state index contributed by atoms with van der Waals surface area (Å²) in [6.07, 6.45) is 0. The lowest BCUT2D eigenvalue weighted by Gasteiger charge is -2.10. The van der Waals surface area contributed by atoms with E-state index < -0.39 is 5.82 Å². The van der Waals surface area contributed by atoms with Crippen molar-refractivity contribution in [3.63, 3.8) is 0 Å². The molecule has 88 valence electrons. The summed E-state index contributed by atoms with van der Waals surface area (Å²) in [5.41, 5.74) is 0.724. The van der Waals surface area contributed by atoms with Crippen molar-refractivity contribution in [3.8, 4) is 11.5 Å². The first-order valence-electron chi connectivity index (χ1n) is 4.97. The molecule has 17 heavy (non-hydrogen) atoms. The number of hydrogen-bond acceptors (Lipinski definition) is 1. The minimum absolute atomic E-state index is 0.168. The Morgan fingerprint density at radius 2 is 1.82 bits per heavy atom. The molecule has 0 aliphatic carbocycles. The SMILES string of the molecule is Fc1ccccc1Oc1ccc(Cl)cc1CCl. The van der Waals surface area contributed by atoms with E-state index in [1.807, 2.05) is 0 Å². The predicted octanol–water partition coefficient (Wildman–Crippen LogP) is 5.01. The van der Waals surface area contributed by atoms with Crippen LogP contribution in [0.3, 0.4) is 0 Å². The molecule has 0 unspecified atom stereocenters. The fourth-order valence-electron chi connectivity index (χ4n) is 1.40. The highest BCUT2D eigenvalue weighted by atomic mass is 35.5. The monoisotopic (exact) mass is 270 g/mol. The summed E-state index contributed by atoms with van der Waals surface area (Å²) in [6, 6.07) is 11.2. The van der Waals surface area contributed by atoms with Gasteiger partial charge in [0.25, 0.3) is 0 Å². The number of alkyl halides is 1. The summed E-state index contributed by atoms with van der Waals surface area (Å²) in [5, 5.41) is 0.571. The fraction of sp³-hybridized carbons (Fsp3) is 0.0769.